The first-order valence-electron chi connectivity index (χ1n) is 5.69. The number of morpholine rings is 1. The molecule has 1 atom stereocenters. The van der Waals surface area contributed by atoms with Crippen LogP contribution in [0, 0.1) is 13.8 Å². The Morgan fingerprint density at radius 1 is 1.44 bits per heavy atom. The van der Waals surface area contributed by atoms with E-state index >= 15 is 0 Å². The number of carbonyl (C=O) groups is 2. The van der Waals surface area contributed by atoms with E-state index in [1.165, 1.54) is 4.90 Å². The van der Waals surface area contributed by atoms with E-state index in [1.807, 2.05) is 0 Å². The smallest absolute Gasteiger partial charge is 0.334 e. The molecule has 1 N–H and O–H groups in total. The minimum absolute atomic E-state index is 0.0673. The van der Waals surface area contributed by atoms with Gasteiger partial charge in [-0.05, 0) is 19.9 Å². The van der Waals surface area contributed by atoms with Gasteiger partial charge in [-0.25, -0.2) is 4.79 Å². The predicted octanol–water partition coefficient (Wildman–Crippen LogP) is 0.822. The fourth-order valence-corrected chi connectivity index (χ4v) is 2.00. The molecular weight excluding hydrogens is 238 g/mol. The summed E-state index contributed by atoms with van der Waals surface area (Å²) in [5.41, 5.74) is 0.485. The molecule has 1 aromatic rings. The summed E-state index contributed by atoms with van der Waals surface area (Å²) < 4.78 is 10.4. The molecule has 2 heterocycles. The molecule has 18 heavy (non-hydrogen) atoms. The van der Waals surface area contributed by atoms with Crippen LogP contribution in [0.15, 0.2) is 10.5 Å². The Balaban J connectivity index is 2.14. The van der Waals surface area contributed by atoms with Crippen LogP contribution in [-0.4, -0.2) is 47.7 Å². The van der Waals surface area contributed by atoms with E-state index in [9.17, 15) is 9.59 Å². The average Bonchev–Trinajstić information content (AvgIpc) is 2.67. The van der Waals surface area contributed by atoms with Gasteiger partial charge < -0.3 is 19.2 Å². The summed E-state index contributed by atoms with van der Waals surface area (Å²) in [5, 5.41) is 8.89. The van der Waals surface area contributed by atoms with E-state index in [2.05, 4.69) is 0 Å². The van der Waals surface area contributed by atoms with Gasteiger partial charge in [-0.15, -0.1) is 0 Å². The molecule has 0 radical (unpaired) electrons. The molecule has 98 valence electrons. The second kappa shape index (κ2) is 4.81. The zero-order chi connectivity index (χ0) is 13.3. The van der Waals surface area contributed by atoms with E-state index in [0.717, 1.165) is 0 Å². The van der Waals surface area contributed by atoms with Crippen LogP contribution in [0.2, 0.25) is 0 Å². The topological polar surface area (TPSA) is 80.0 Å². The Bertz CT molecular complexity index is 479. The third kappa shape index (κ3) is 2.38. The van der Waals surface area contributed by atoms with Crippen molar-refractivity contribution in [1.82, 2.24) is 4.90 Å². The summed E-state index contributed by atoms with van der Waals surface area (Å²) in [4.78, 5) is 24.6. The first-order chi connectivity index (χ1) is 8.49. The molecule has 1 aliphatic rings. The van der Waals surface area contributed by atoms with Crippen LogP contribution >= 0.6 is 0 Å². The summed E-state index contributed by atoms with van der Waals surface area (Å²) in [6.45, 7) is 4.18. The second-order valence-corrected chi connectivity index (χ2v) is 4.28. The van der Waals surface area contributed by atoms with Gasteiger partial charge in [0.2, 0.25) is 0 Å². The first kappa shape index (κ1) is 12.6. The summed E-state index contributed by atoms with van der Waals surface area (Å²) in [7, 11) is 0. The average molecular weight is 253 g/mol. The molecule has 6 nitrogen and oxygen atoms in total. The molecule has 0 unspecified atom stereocenters. The Morgan fingerprint density at radius 2 is 2.17 bits per heavy atom. The zero-order valence-electron chi connectivity index (χ0n) is 10.3. The number of carbonyl (C=O) groups excluding carboxylic acids is 1. The first-order valence-corrected chi connectivity index (χ1v) is 5.69. The molecule has 1 amide bonds. The van der Waals surface area contributed by atoms with Crippen LogP contribution in [0.25, 0.3) is 0 Å². The van der Waals surface area contributed by atoms with Crippen molar-refractivity contribution in [2.75, 3.05) is 19.7 Å². The van der Waals surface area contributed by atoms with Gasteiger partial charge in [0.15, 0.2) is 6.10 Å². The predicted molar refractivity (Wildman–Crippen MR) is 61.5 cm³/mol. The maximum Gasteiger partial charge on any atom is 0.334 e. The van der Waals surface area contributed by atoms with E-state index in [0.29, 0.717) is 23.6 Å². The van der Waals surface area contributed by atoms with Crippen molar-refractivity contribution in [3.05, 3.63) is 23.2 Å². The molecule has 1 aromatic heterocycles. The molecule has 6 heteroatoms. The summed E-state index contributed by atoms with van der Waals surface area (Å²) in [6.07, 6.45) is -0.948. The number of hydrogen-bond acceptors (Lipinski definition) is 4. The third-order valence-electron chi connectivity index (χ3n) is 2.90. The molecule has 1 fully saturated rings. The Kier molecular flexibility index (Phi) is 3.38. The fourth-order valence-electron chi connectivity index (χ4n) is 2.00. The number of carboxylic acids is 1. The van der Waals surface area contributed by atoms with Crippen molar-refractivity contribution in [3.8, 4) is 0 Å². The van der Waals surface area contributed by atoms with E-state index in [1.54, 1.807) is 19.9 Å². The Morgan fingerprint density at radius 3 is 2.72 bits per heavy atom. The lowest BCUT2D eigenvalue weighted by Crippen LogP contribution is -2.48. The summed E-state index contributed by atoms with van der Waals surface area (Å²) >= 11 is 0. The highest BCUT2D eigenvalue weighted by atomic mass is 16.5. The lowest BCUT2D eigenvalue weighted by molar-refractivity contribution is -0.154. The van der Waals surface area contributed by atoms with Crippen LogP contribution < -0.4 is 0 Å². The van der Waals surface area contributed by atoms with Crippen LogP contribution in [0.1, 0.15) is 21.9 Å². The van der Waals surface area contributed by atoms with Gasteiger partial charge in [-0.1, -0.05) is 0 Å². The quantitative estimate of drug-likeness (QED) is 0.844. The highest BCUT2D eigenvalue weighted by Gasteiger charge is 2.30. The maximum atomic E-state index is 12.2. The number of aliphatic carboxylic acids is 1. The number of amides is 1. The SMILES string of the molecule is Cc1cc(C(=O)N2CCO[C@@H](C(=O)O)C2)c(C)o1. The van der Waals surface area contributed by atoms with Gasteiger partial charge in [0.25, 0.3) is 5.91 Å². The number of carboxylic acid groups (broad SMARTS) is 1. The zero-order valence-corrected chi connectivity index (χ0v) is 10.3. The number of aryl methyl sites for hydroxylation is 2. The van der Waals surface area contributed by atoms with E-state index in [-0.39, 0.29) is 19.1 Å². The molecule has 0 saturated carbocycles. The van der Waals surface area contributed by atoms with Gasteiger partial charge >= 0.3 is 5.97 Å². The largest absolute Gasteiger partial charge is 0.479 e. The lowest BCUT2D eigenvalue weighted by Gasteiger charge is -2.30. The molecule has 0 aromatic carbocycles. The standard InChI is InChI=1S/C12H15NO5/c1-7-5-9(8(2)18-7)11(14)13-3-4-17-10(6-13)12(15)16/h5,10H,3-4,6H2,1-2H3,(H,15,16)/t10-/m1/s1. The van der Waals surface area contributed by atoms with Crippen LogP contribution in [0.4, 0.5) is 0 Å². The normalized spacial score (nSPS) is 19.9. The van der Waals surface area contributed by atoms with Gasteiger partial charge in [-0.3, -0.25) is 4.79 Å². The Hall–Kier alpha value is -1.82. The van der Waals surface area contributed by atoms with Crippen LogP contribution in [0.5, 0.6) is 0 Å². The number of ether oxygens (including phenoxy) is 1. The lowest BCUT2D eigenvalue weighted by atomic mass is 10.2. The number of hydrogen-bond donors (Lipinski definition) is 1. The number of rotatable bonds is 2. The summed E-state index contributed by atoms with van der Waals surface area (Å²) in [6, 6.07) is 1.67. The molecule has 0 bridgehead atoms. The fraction of sp³-hybridized carbons (Fsp3) is 0.500. The monoisotopic (exact) mass is 253 g/mol. The number of furan rings is 1. The van der Waals surface area contributed by atoms with Crippen molar-refractivity contribution < 1.29 is 23.8 Å². The van der Waals surface area contributed by atoms with Crippen LogP contribution in [-0.2, 0) is 9.53 Å². The van der Waals surface area contributed by atoms with E-state index < -0.39 is 12.1 Å². The second-order valence-electron chi connectivity index (χ2n) is 4.28. The highest BCUT2D eigenvalue weighted by Crippen LogP contribution is 2.17. The van der Waals surface area contributed by atoms with E-state index in [4.69, 9.17) is 14.3 Å². The highest BCUT2D eigenvalue weighted by molar-refractivity contribution is 5.95. The van der Waals surface area contributed by atoms with Gasteiger partial charge in [0.1, 0.15) is 11.5 Å². The minimum Gasteiger partial charge on any atom is -0.479 e. The van der Waals surface area contributed by atoms with Crippen molar-refractivity contribution in [2.45, 2.75) is 20.0 Å². The van der Waals surface area contributed by atoms with Crippen molar-refractivity contribution in [3.63, 3.8) is 0 Å². The van der Waals surface area contributed by atoms with Crippen LogP contribution in [0.3, 0.4) is 0 Å². The number of nitrogens with zero attached hydrogens (tertiary/aromatic N) is 1. The molecule has 1 aliphatic heterocycles. The molecule has 0 spiro atoms. The third-order valence-corrected chi connectivity index (χ3v) is 2.90. The Labute approximate surface area is 104 Å². The van der Waals surface area contributed by atoms with Gasteiger partial charge in [0, 0.05) is 6.54 Å². The van der Waals surface area contributed by atoms with Gasteiger partial charge in [0.05, 0.1) is 18.7 Å². The maximum absolute atomic E-state index is 12.2. The van der Waals surface area contributed by atoms with Crippen molar-refractivity contribution in [2.24, 2.45) is 0 Å². The minimum atomic E-state index is -1.05. The summed E-state index contributed by atoms with van der Waals surface area (Å²) in [5.74, 6) is -0.0405. The van der Waals surface area contributed by atoms with Gasteiger partial charge in [-0.2, -0.15) is 0 Å². The molecular formula is C12H15NO5. The van der Waals surface area contributed by atoms with Crippen molar-refractivity contribution >= 4 is 11.9 Å². The van der Waals surface area contributed by atoms with Crippen molar-refractivity contribution in [1.29, 1.82) is 0 Å². The molecule has 2 rings (SSSR count). The molecule has 0 aliphatic carbocycles. The molecule has 1 saturated heterocycles.